The topological polar surface area (TPSA) is 91.5 Å². The van der Waals surface area contributed by atoms with Crippen LogP contribution in [0.1, 0.15) is 0 Å². The lowest BCUT2D eigenvalue weighted by Gasteiger charge is -2.17. The number of hydrogen-bond acceptors (Lipinski definition) is 6. The molecule has 2 aromatic heterocycles. The van der Waals surface area contributed by atoms with Crippen molar-refractivity contribution in [3.8, 4) is 22.9 Å². The van der Waals surface area contributed by atoms with Crippen LogP contribution in [0, 0.1) is 0 Å². The molecule has 1 amide bonds. The van der Waals surface area contributed by atoms with Crippen molar-refractivity contribution in [3.05, 3.63) is 70.2 Å². The van der Waals surface area contributed by atoms with E-state index in [1.807, 2.05) is 18.2 Å². The van der Waals surface area contributed by atoms with Crippen LogP contribution < -0.4 is 15.2 Å². The first-order valence-electron chi connectivity index (χ1n) is 10.1. The van der Waals surface area contributed by atoms with Crippen LogP contribution in [-0.2, 0) is 7.05 Å². The van der Waals surface area contributed by atoms with E-state index >= 15 is 0 Å². The van der Waals surface area contributed by atoms with E-state index in [4.69, 9.17) is 21.1 Å². The maximum Gasteiger partial charge on any atom is 0.338 e. The van der Waals surface area contributed by atoms with Crippen LogP contribution in [0.4, 0.5) is 4.79 Å². The van der Waals surface area contributed by atoms with Gasteiger partial charge in [-0.25, -0.2) is 24.1 Å². The van der Waals surface area contributed by atoms with Crippen molar-refractivity contribution in [2.24, 2.45) is 7.05 Å². The highest BCUT2D eigenvalue weighted by atomic mass is 35.5. The van der Waals surface area contributed by atoms with E-state index in [0.29, 0.717) is 33.5 Å². The number of likely N-dealkylation sites (N-methyl/N-ethyl adjacent to an activating group) is 1. The number of halogens is 1. The first kappa shape index (κ1) is 22.3. The number of nitrogens with zero attached hydrogens (tertiary/aromatic N) is 5. The zero-order valence-corrected chi connectivity index (χ0v) is 19.1. The Morgan fingerprint density at radius 2 is 1.91 bits per heavy atom. The fourth-order valence-electron chi connectivity index (χ4n) is 3.32. The average Bonchev–Trinajstić information content (AvgIpc) is 3.08. The van der Waals surface area contributed by atoms with E-state index in [1.165, 1.54) is 15.7 Å². The van der Waals surface area contributed by atoms with Gasteiger partial charge in [0.1, 0.15) is 23.6 Å². The van der Waals surface area contributed by atoms with Gasteiger partial charge in [0.2, 0.25) is 0 Å². The molecule has 0 bridgehead atoms. The molecule has 0 spiro atoms. The number of fused-ring (bicyclic) bond motifs is 1. The number of amides is 1. The highest BCUT2D eigenvalue weighted by molar-refractivity contribution is 6.30. The lowest BCUT2D eigenvalue weighted by Crippen LogP contribution is -2.39. The van der Waals surface area contributed by atoms with Crippen molar-refractivity contribution < 1.29 is 14.3 Å². The van der Waals surface area contributed by atoms with Crippen molar-refractivity contribution in [1.29, 1.82) is 0 Å². The first-order valence-corrected chi connectivity index (χ1v) is 10.5. The van der Waals surface area contributed by atoms with Crippen molar-refractivity contribution in [2.75, 3.05) is 27.3 Å². The summed E-state index contributed by atoms with van der Waals surface area (Å²) >= 11 is 5.95. The van der Waals surface area contributed by atoms with Crippen LogP contribution in [-0.4, -0.2) is 57.3 Å². The van der Waals surface area contributed by atoms with Crippen LogP contribution in [0.3, 0.4) is 0 Å². The highest BCUT2D eigenvalue weighted by Gasteiger charge is 2.22. The third kappa shape index (κ3) is 4.54. The number of aromatic nitrogens is 4. The summed E-state index contributed by atoms with van der Waals surface area (Å²) in [7, 11) is 4.74. The summed E-state index contributed by atoms with van der Waals surface area (Å²) in [5.41, 5.74) is 0.902. The molecule has 0 aliphatic heterocycles. The lowest BCUT2D eigenvalue weighted by molar-refractivity contribution is 0.197. The smallest absolute Gasteiger partial charge is 0.338 e. The van der Waals surface area contributed by atoms with Gasteiger partial charge in [-0.3, -0.25) is 4.57 Å². The van der Waals surface area contributed by atoms with Gasteiger partial charge in [0, 0.05) is 24.7 Å². The molecule has 0 atom stereocenters. The van der Waals surface area contributed by atoms with E-state index in [-0.39, 0.29) is 13.2 Å². The molecule has 0 aliphatic rings. The molecule has 10 heteroatoms. The molecule has 0 saturated heterocycles. The molecular weight excluding hydrogens is 446 g/mol. The minimum atomic E-state index is -0.505. The van der Waals surface area contributed by atoms with Crippen LogP contribution in [0.2, 0.25) is 5.02 Å². The molecular formula is C23H22ClN5O4. The summed E-state index contributed by atoms with van der Waals surface area (Å²) < 4.78 is 13.3. The zero-order chi connectivity index (χ0) is 23.5. The third-order valence-corrected chi connectivity index (χ3v) is 5.36. The van der Waals surface area contributed by atoms with Gasteiger partial charge < -0.3 is 14.4 Å². The zero-order valence-electron chi connectivity index (χ0n) is 18.4. The van der Waals surface area contributed by atoms with Gasteiger partial charge in [0.15, 0.2) is 11.5 Å². The molecule has 2 heterocycles. The Kier molecular flexibility index (Phi) is 6.32. The molecule has 170 valence electrons. The number of benzene rings is 2. The van der Waals surface area contributed by atoms with Crippen molar-refractivity contribution in [1.82, 2.24) is 24.0 Å². The predicted molar refractivity (Wildman–Crippen MR) is 125 cm³/mol. The van der Waals surface area contributed by atoms with Crippen LogP contribution in [0.25, 0.3) is 22.6 Å². The number of carbonyl (C=O) groups is 1. The lowest BCUT2D eigenvalue weighted by atomic mass is 10.2. The van der Waals surface area contributed by atoms with Gasteiger partial charge in [0.05, 0.1) is 19.9 Å². The normalized spacial score (nSPS) is 10.9. The Hall–Kier alpha value is -3.85. The van der Waals surface area contributed by atoms with Crippen molar-refractivity contribution in [3.63, 3.8) is 0 Å². The Balaban J connectivity index is 1.57. The summed E-state index contributed by atoms with van der Waals surface area (Å²) in [6, 6.07) is 13.8. The quantitative estimate of drug-likeness (QED) is 0.431. The second-order valence-corrected chi connectivity index (χ2v) is 7.76. The first-order chi connectivity index (χ1) is 15.9. The Morgan fingerprint density at radius 1 is 1.15 bits per heavy atom. The molecule has 0 unspecified atom stereocenters. The third-order valence-electron chi connectivity index (χ3n) is 5.12. The minimum absolute atomic E-state index is 0.235. The summed E-state index contributed by atoms with van der Waals surface area (Å²) in [6.07, 6.45) is 1.48. The van der Waals surface area contributed by atoms with Gasteiger partial charge in [0.25, 0.3) is 0 Å². The summed E-state index contributed by atoms with van der Waals surface area (Å²) in [5, 5.41) is 0.563. The summed E-state index contributed by atoms with van der Waals surface area (Å²) in [4.78, 5) is 36.2. The van der Waals surface area contributed by atoms with Crippen molar-refractivity contribution in [2.45, 2.75) is 0 Å². The van der Waals surface area contributed by atoms with Gasteiger partial charge in [-0.2, -0.15) is 0 Å². The number of hydrogen-bond donors (Lipinski definition) is 0. The van der Waals surface area contributed by atoms with Gasteiger partial charge in [-0.15, -0.1) is 0 Å². The molecule has 0 N–H and O–H groups in total. The molecule has 4 rings (SSSR count). The van der Waals surface area contributed by atoms with E-state index in [9.17, 15) is 9.59 Å². The van der Waals surface area contributed by atoms with Crippen LogP contribution in [0.5, 0.6) is 11.5 Å². The minimum Gasteiger partial charge on any atom is -0.497 e. The number of ether oxygens (including phenoxy) is 2. The van der Waals surface area contributed by atoms with E-state index in [0.717, 1.165) is 10.1 Å². The Morgan fingerprint density at radius 3 is 2.67 bits per heavy atom. The molecule has 9 nitrogen and oxygen atoms in total. The fourth-order valence-corrected chi connectivity index (χ4v) is 3.50. The van der Waals surface area contributed by atoms with Gasteiger partial charge >= 0.3 is 11.7 Å². The number of carbonyl (C=O) groups excluding carboxylic acids is 1. The molecule has 33 heavy (non-hydrogen) atoms. The Labute approximate surface area is 194 Å². The monoisotopic (exact) mass is 467 g/mol. The molecule has 0 aliphatic carbocycles. The predicted octanol–water partition coefficient (Wildman–Crippen LogP) is 3.44. The van der Waals surface area contributed by atoms with E-state index in [2.05, 4.69) is 9.97 Å². The molecule has 2 aromatic carbocycles. The average molecular weight is 468 g/mol. The maximum absolute atomic E-state index is 13.1. The Bertz CT molecular complexity index is 1380. The summed E-state index contributed by atoms with van der Waals surface area (Å²) in [5.74, 6) is 1.69. The number of imidazole rings is 1. The standard InChI is InChI=1S/C23H22ClN5O4/c1-27(10-11-33-18-9-5-7-16(24)13-18)22(30)29-19-14-25-20(26-21(19)28(2)23(29)31)15-6-4-8-17(12-15)32-3/h4-9,12-14H,10-11H2,1-3H3. The molecule has 0 radical (unpaired) electrons. The van der Waals surface area contributed by atoms with Crippen molar-refractivity contribution >= 4 is 28.8 Å². The second-order valence-electron chi connectivity index (χ2n) is 7.32. The highest BCUT2D eigenvalue weighted by Crippen LogP contribution is 2.22. The summed E-state index contributed by atoms with van der Waals surface area (Å²) in [6.45, 7) is 0.496. The number of methoxy groups -OCH3 is 1. The maximum atomic E-state index is 13.1. The second kappa shape index (κ2) is 9.33. The molecule has 0 saturated carbocycles. The van der Waals surface area contributed by atoms with Gasteiger partial charge in [-0.05, 0) is 30.3 Å². The van der Waals surface area contributed by atoms with Crippen LogP contribution in [0.15, 0.2) is 59.5 Å². The van der Waals surface area contributed by atoms with Crippen LogP contribution >= 0.6 is 11.6 Å². The number of aryl methyl sites for hydroxylation is 1. The van der Waals surface area contributed by atoms with E-state index in [1.54, 1.807) is 51.5 Å². The SMILES string of the molecule is COc1cccc(-c2ncc3c(n2)n(C)c(=O)n3C(=O)N(C)CCOc2cccc(Cl)c2)c1. The number of rotatable bonds is 6. The molecule has 0 fully saturated rings. The molecule has 4 aromatic rings. The fraction of sp³-hybridized carbons (Fsp3) is 0.217. The van der Waals surface area contributed by atoms with Gasteiger partial charge in [-0.1, -0.05) is 29.8 Å². The van der Waals surface area contributed by atoms with E-state index < -0.39 is 11.7 Å². The largest absolute Gasteiger partial charge is 0.497 e.